The van der Waals surface area contributed by atoms with Gasteiger partial charge in [-0.3, -0.25) is 0 Å². The average molecular weight is 267 g/mol. The Kier molecular flexibility index (Phi) is 3.49. The second kappa shape index (κ2) is 5.29. The van der Waals surface area contributed by atoms with Gasteiger partial charge in [0.25, 0.3) is 0 Å². The molecule has 20 heavy (non-hydrogen) atoms. The molecule has 0 bridgehead atoms. The van der Waals surface area contributed by atoms with Crippen LogP contribution in [0.3, 0.4) is 0 Å². The van der Waals surface area contributed by atoms with E-state index < -0.39 is 0 Å². The summed E-state index contributed by atoms with van der Waals surface area (Å²) in [5.41, 5.74) is 8.61. The lowest BCUT2D eigenvalue weighted by molar-refractivity contribution is 0.0458. The molecule has 2 nitrogen and oxygen atoms in total. The topological polar surface area (TPSA) is 35.2 Å². The number of para-hydroxylation sites is 1. The highest BCUT2D eigenvalue weighted by molar-refractivity contribution is 5.38. The summed E-state index contributed by atoms with van der Waals surface area (Å²) in [6, 6.07) is 18.7. The summed E-state index contributed by atoms with van der Waals surface area (Å²) < 4.78 is 6.23. The van der Waals surface area contributed by atoms with Crippen LogP contribution in [0.4, 0.5) is 0 Å². The Balaban J connectivity index is 1.74. The largest absolute Gasteiger partial charge is 0.487 e. The summed E-state index contributed by atoms with van der Waals surface area (Å²) in [6.45, 7) is 2.17. The van der Waals surface area contributed by atoms with E-state index in [-0.39, 0.29) is 11.6 Å². The van der Waals surface area contributed by atoms with Crippen LogP contribution >= 0.6 is 0 Å². The molecule has 0 saturated heterocycles. The van der Waals surface area contributed by atoms with E-state index in [2.05, 4.69) is 43.3 Å². The maximum absolute atomic E-state index is 6.31. The summed E-state index contributed by atoms with van der Waals surface area (Å²) >= 11 is 0. The van der Waals surface area contributed by atoms with E-state index in [9.17, 15) is 0 Å². The summed E-state index contributed by atoms with van der Waals surface area (Å²) in [7, 11) is 0. The van der Waals surface area contributed by atoms with Crippen molar-refractivity contribution in [1.29, 1.82) is 0 Å². The summed E-state index contributed by atoms with van der Waals surface area (Å²) in [4.78, 5) is 0. The minimum Gasteiger partial charge on any atom is -0.487 e. The zero-order valence-electron chi connectivity index (χ0n) is 11.9. The predicted octanol–water partition coefficient (Wildman–Crippen LogP) is 3.86. The molecule has 0 amide bonds. The molecule has 0 saturated carbocycles. The van der Waals surface area contributed by atoms with Gasteiger partial charge >= 0.3 is 0 Å². The molecule has 2 N–H and O–H groups in total. The van der Waals surface area contributed by atoms with E-state index in [0.717, 1.165) is 30.6 Å². The van der Waals surface area contributed by atoms with Crippen molar-refractivity contribution in [2.75, 3.05) is 0 Å². The molecule has 0 aromatic heterocycles. The smallest absolute Gasteiger partial charge is 0.124 e. The van der Waals surface area contributed by atoms with Gasteiger partial charge in [0.15, 0.2) is 0 Å². The normalized spacial score (nSPS) is 24.8. The summed E-state index contributed by atoms with van der Waals surface area (Å²) in [5.74, 6) is 0.946. The minimum absolute atomic E-state index is 0.0701. The van der Waals surface area contributed by atoms with E-state index in [1.165, 1.54) is 5.56 Å². The van der Waals surface area contributed by atoms with Gasteiger partial charge < -0.3 is 10.5 Å². The van der Waals surface area contributed by atoms with Gasteiger partial charge in [0.1, 0.15) is 11.4 Å². The van der Waals surface area contributed by atoms with Crippen LogP contribution in [0, 0.1) is 0 Å². The molecule has 0 aliphatic carbocycles. The van der Waals surface area contributed by atoms with Gasteiger partial charge in [-0.25, -0.2) is 0 Å². The van der Waals surface area contributed by atoms with Crippen LogP contribution in [-0.4, -0.2) is 5.60 Å². The second-order valence-electron chi connectivity index (χ2n) is 5.89. The molecule has 1 unspecified atom stereocenters. The fraction of sp³-hybridized carbons (Fsp3) is 0.333. The van der Waals surface area contributed by atoms with Gasteiger partial charge in [-0.2, -0.15) is 0 Å². The highest BCUT2D eigenvalue weighted by Crippen LogP contribution is 2.40. The molecule has 2 heteroatoms. The number of benzene rings is 2. The first-order chi connectivity index (χ1) is 9.66. The van der Waals surface area contributed by atoms with E-state index in [4.69, 9.17) is 10.5 Å². The quantitative estimate of drug-likeness (QED) is 0.916. The van der Waals surface area contributed by atoms with Gasteiger partial charge in [0.05, 0.1) is 0 Å². The predicted molar refractivity (Wildman–Crippen MR) is 81.8 cm³/mol. The van der Waals surface area contributed by atoms with Gasteiger partial charge in [0.2, 0.25) is 0 Å². The Bertz CT molecular complexity index is 581. The fourth-order valence-electron chi connectivity index (χ4n) is 2.97. The molecule has 1 heterocycles. The lowest BCUT2D eigenvalue weighted by Crippen LogP contribution is -2.40. The van der Waals surface area contributed by atoms with Gasteiger partial charge in [-0.1, -0.05) is 48.5 Å². The Labute approximate surface area is 120 Å². The molecule has 2 aromatic rings. The number of hydrogen-bond acceptors (Lipinski definition) is 2. The van der Waals surface area contributed by atoms with Crippen molar-refractivity contribution in [3.05, 3.63) is 65.7 Å². The van der Waals surface area contributed by atoms with Crippen LogP contribution in [0.15, 0.2) is 54.6 Å². The Morgan fingerprint density at radius 2 is 1.80 bits per heavy atom. The van der Waals surface area contributed by atoms with Crippen molar-refractivity contribution in [2.24, 2.45) is 5.73 Å². The third-order valence-corrected chi connectivity index (χ3v) is 4.11. The van der Waals surface area contributed by atoms with Crippen LogP contribution in [0.1, 0.15) is 36.9 Å². The zero-order chi connectivity index (χ0) is 14.0. The van der Waals surface area contributed by atoms with Crippen molar-refractivity contribution < 1.29 is 4.74 Å². The van der Waals surface area contributed by atoms with E-state index in [0.29, 0.717) is 0 Å². The van der Waals surface area contributed by atoms with Crippen LogP contribution in [0.5, 0.6) is 5.75 Å². The fourth-order valence-corrected chi connectivity index (χ4v) is 2.97. The molecule has 104 valence electrons. The first kappa shape index (κ1) is 13.2. The number of aryl methyl sites for hydroxylation is 1. The maximum atomic E-state index is 6.31. The zero-order valence-corrected chi connectivity index (χ0v) is 11.9. The molecule has 2 atom stereocenters. The highest BCUT2D eigenvalue weighted by atomic mass is 16.5. The minimum atomic E-state index is -0.177. The van der Waals surface area contributed by atoms with Crippen molar-refractivity contribution >= 4 is 0 Å². The number of rotatable bonds is 3. The van der Waals surface area contributed by atoms with Crippen molar-refractivity contribution in [1.82, 2.24) is 0 Å². The monoisotopic (exact) mass is 267 g/mol. The number of nitrogens with two attached hydrogens (primary N) is 1. The molecule has 2 aromatic carbocycles. The van der Waals surface area contributed by atoms with E-state index >= 15 is 0 Å². The molecule has 0 spiro atoms. The molecule has 1 aliphatic rings. The molecular formula is C18H21NO. The molecule has 1 aliphatic heterocycles. The maximum Gasteiger partial charge on any atom is 0.124 e. The van der Waals surface area contributed by atoms with Crippen molar-refractivity contribution in [2.45, 2.75) is 37.8 Å². The summed E-state index contributed by atoms with van der Waals surface area (Å²) in [6.07, 6.45) is 2.88. The third-order valence-electron chi connectivity index (χ3n) is 4.11. The first-order valence-electron chi connectivity index (χ1n) is 7.24. The Morgan fingerprint density at radius 3 is 2.60 bits per heavy atom. The average Bonchev–Trinajstić information content (AvgIpc) is 2.46. The molecular weight excluding hydrogens is 246 g/mol. The molecule has 0 radical (unpaired) electrons. The van der Waals surface area contributed by atoms with Crippen LogP contribution in [0.25, 0.3) is 0 Å². The SMILES string of the molecule is CC1(CCc2ccccc2)C[C@@H](N)c2ccccc2O1. The second-order valence-corrected chi connectivity index (χ2v) is 5.89. The van der Waals surface area contributed by atoms with E-state index in [1.54, 1.807) is 0 Å². The van der Waals surface area contributed by atoms with Gasteiger partial charge in [-0.15, -0.1) is 0 Å². The van der Waals surface area contributed by atoms with Crippen LogP contribution < -0.4 is 10.5 Å². The number of ether oxygens (including phenoxy) is 1. The first-order valence-corrected chi connectivity index (χ1v) is 7.24. The lowest BCUT2D eigenvalue weighted by Gasteiger charge is -2.39. The summed E-state index contributed by atoms with van der Waals surface area (Å²) in [5, 5.41) is 0. The van der Waals surface area contributed by atoms with Gasteiger partial charge in [-0.05, 0) is 31.4 Å². The lowest BCUT2D eigenvalue weighted by atomic mass is 9.85. The Morgan fingerprint density at radius 1 is 1.10 bits per heavy atom. The number of fused-ring (bicyclic) bond motifs is 1. The van der Waals surface area contributed by atoms with Crippen LogP contribution in [0.2, 0.25) is 0 Å². The van der Waals surface area contributed by atoms with Crippen molar-refractivity contribution in [3.63, 3.8) is 0 Å². The molecule has 0 fully saturated rings. The molecule has 3 rings (SSSR count). The van der Waals surface area contributed by atoms with E-state index in [1.807, 2.05) is 18.2 Å². The van der Waals surface area contributed by atoms with Crippen LogP contribution in [-0.2, 0) is 6.42 Å². The standard InChI is InChI=1S/C18H21NO/c1-18(12-11-14-7-3-2-4-8-14)13-16(19)15-9-5-6-10-17(15)20-18/h2-10,16H,11-13,19H2,1H3/t16-,18?/m1/s1. The Hall–Kier alpha value is -1.80. The van der Waals surface area contributed by atoms with Crippen molar-refractivity contribution in [3.8, 4) is 5.75 Å². The third kappa shape index (κ3) is 2.70. The number of hydrogen-bond donors (Lipinski definition) is 1. The van der Waals surface area contributed by atoms with Gasteiger partial charge in [0, 0.05) is 18.0 Å². The highest BCUT2D eigenvalue weighted by Gasteiger charge is 2.35.